The van der Waals surface area contributed by atoms with E-state index in [2.05, 4.69) is 10.3 Å². The Morgan fingerprint density at radius 2 is 2.40 bits per heavy atom. The van der Waals surface area contributed by atoms with Crippen molar-refractivity contribution < 1.29 is 9.90 Å². The number of halogens is 1. The van der Waals surface area contributed by atoms with Crippen molar-refractivity contribution in [1.82, 2.24) is 4.98 Å². The van der Waals surface area contributed by atoms with Crippen molar-refractivity contribution in [3.8, 4) is 0 Å². The van der Waals surface area contributed by atoms with Crippen LogP contribution in [0, 0.1) is 0 Å². The number of aliphatic hydroxyl groups excluding tert-OH is 1. The van der Waals surface area contributed by atoms with E-state index in [1.165, 1.54) is 6.20 Å². The van der Waals surface area contributed by atoms with E-state index in [0.29, 0.717) is 23.7 Å². The van der Waals surface area contributed by atoms with Crippen molar-refractivity contribution in [2.45, 2.75) is 25.9 Å². The van der Waals surface area contributed by atoms with Crippen LogP contribution in [0.2, 0.25) is 5.15 Å². The highest BCUT2D eigenvalue weighted by Crippen LogP contribution is 2.10. The fourth-order valence-corrected chi connectivity index (χ4v) is 1.13. The van der Waals surface area contributed by atoms with Crippen LogP contribution in [-0.2, 0) is 4.79 Å². The molecule has 0 fully saturated rings. The summed E-state index contributed by atoms with van der Waals surface area (Å²) in [6.45, 7) is 1.65. The Morgan fingerprint density at radius 3 is 2.93 bits per heavy atom. The summed E-state index contributed by atoms with van der Waals surface area (Å²) in [5.74, 6) is -0.139. The van der Waals surface area contributed by atoms with Gasteiger partial charge < -0.3 is 10.4 Å². The van der Waals surface area contributed by atoms with Gasteiger partial charge in [0, 0.05) is 6.42 Å². The molecule has 0 aliphatic rings. The molecule has 1 rings (SSSR count). The summed E-state index contributed by atoms with van der Waals surface area (Å²) < 4.78 is 0. The Bertz CT molecular complexity index is 325. The average molecular weight is 229 g/mol. The predicted molar refractivity (Wildman–Crippen MR) is 58.8 cm³/mol. The van der Waals surface area contributed by atoms with E-state index in [9.17, 15) is 4.79 Å². The second-order valence-corrected chi connectivity index (χ2v) is 3.69. The van der Waals surface area contributed by atoms with E-state index in [1.807, 2.05) is 0 Å². The number of carbonyl (C=O) groups excluding carboxylic acids is 1. The number of pyridine rings is 1. The topological polar surface area (TPSA) is 62.2 Å². The molecule has 1 aromatic heterocycles. The minimum Gasteiger partial charge on any atom is -0.393 e. The lowest BCUT2D eigenvalue weighted by molar-refractivity contribution is -0.116. The number of aromatic nitrogens is 1. The van der Waals surface area contributed by atoms with Crippen molar-refractivity contribution in [3.63, 3.8) is 0 Å². The van der Waals surface area contributed by atoms with Gasteiger partial charge in [-0.25, -0.2) is 4.98 Å². The van der Waals surface area contributed by atoms with Crippen LogP contribution in [0.25, 0.3) is 0 Å². The van der Waals surface area contributed by atoms with Crippen LogP contribution in [-0.4, -0.2) is 22.1 Å². The normalized spacial score (nSPS) is 12.2. The third-order valence-corrected chi connectivity index (χ3v) is 2.02. The molecule has 1 aromatic rings. The van der Waals surface area contributed by atoms with E-state index in [0.717, 1.165) is 0 Å². The summed E-state index contributed by atoms with van der Waals surface area (Å²) in [6.07, 6.45) is 1.77. The molecule has 2 N–H and O–H groups in total. The molecule has 15 heavy (non-hydrogen) atoms. The molecule has 0 aliphatic carbocycles. The van der Waals surface area contributed by atoms with E-state index in [1.54, 1.807) is 19.1 Å². The SMILES string of the molecule is CC(O)CCC(=O)Nc1ccc(Cl)nc1. The Morgan fingerprint density at radius 1 is 1.67 bits per heavy atom. The van der Waals surface area contributed by atoms with Gasteiger partial charge in [0.05, 0.1) is 18.0 Å². The Labute approximate surface area is 93.3 Å². The quantitative estimate of drug-likeness (QED) is 0.773. The summed E-state index contributed by atoms with van der Waals surface area (Å²) >= 11 is 5.59. The molecular weight excluding hydrogens is 216 g/mol. The van der Waals surface area contributed by atoms with Gasteiger partial charge in [-0.15, -0.1) is 0 Å². The molecule has 1 atom stereocenters. The standard InChI is InChI=1S/C10H13ClN2O2/c1-7(14)2-5-10(15)13-8-3-4-9(11)12-6-8/h3-4,6-7,14H,2,5H2,1H3,(H,13,15). The van der Waals surface area contributed by atoms with Crippen LogP contribution in [0.15, 0.2) is 18.3 Å². The molecule has 82 valence electrons. The average Bonchev–Trinajstić information content (AvgIpc) is 2.19. The first kappa shape index (κ1) is 11.9. The van der Waals surface area contributed by atoms with Gasteiger partial charge in [-0.1, -0.05) is 11.6 Å². The number of nitrogens with one attached hydrogen (secondary N) is 1. The number of aliphatic hydroxyl groups is 1. The van der Waals surface area contributed by atoms with Gasteiger partial charge in [0.15, 0.2) is 0 Å². The summed E-state index contributed by atoms with van der Waals surface area (Å²) in [4.78, 5) is 15.1. The van der Waals surface area contributed by atoms with Gasteiger partial charge in [-0.2, -0.15) is 0 Å². The van der Waals surface area contributed by atoms with Crippen molar-refractivity contribution in [1.29, 1.82) is 0 Å². The molecule has 0 spiro atoms. The van der Waals surface area contributed by atoms with E-state index >= 15 is 0 Å². The van der Waals surface area contributed by atoms with Crippen molar-refractivity contribution in [3.05, 3.63) is 23.5 Å². The van der Waals surface area contributed by atoms with E-state index < -0.39 is 6.10 Å². The molecule has 0 aromatic carbocycles. The van der Waals surface area contributed by atoms with Crippen LogP contribution in [0.4, 0.5) is 5.69 Å². The molecule has 1 heterocycles. The largest absolute Gasteiger partial charge is 0.393 e. The lowest BCUT2D eigenvalue weighted by Gasteiger charge is -2.05. The zero-order chi connectivity index (χ0) is 11.3. The number of amides is 1. The zero-order valence-corrected chi connectivity index (χ0v) is 9.16. The lowest BCUT2D eigenvalue weighted by atomic mass is 10.2. The molecule has 0 radical (unpaired) electrons. The smallest absolute Gasteiger partial charge is 0.224 e. The first-order valence-corrected chi connectivity index (χ1v) is 5.05. The van der Waals surface area contributed by atoms with Crippen LogP contribution >= 0.6 is 11.6 Å². The number of rotatable bonds is 4. The number of hydrogen-bond acceptors (Lipinski definition) is 3. The summed E-state index contributed by atoms with van der Waals surface area (Å²) in [5.41, 5.74) is 0.606. The number of carbonyl (C=O) groups is 1. The van der Waals surface area contributed by atoms with Gasteiger partial charge in [-0.3, -0.25) is 4.79 Å². The number of nitrogens with zero attached hydrogens (tertiary/aromatic N) is 1. The first-order valence-electron chi connectivity index (χ1n) is 4.67. The van der Waals surface area contributed by atoms with Crippen LogP contribution in [0.3, 0.4) is 0 Å². The van der Waals surface area contributed by atoms with E-state index in [-0.39, 0.29) is 5.91 Å². The van der Waals surface area contributed by atoms with Crippen molar-refractivity contribution in [2.75, 3.05) is 5.32 Å². The zero-order valence-electron chi connectivity index (χ0n) is 8.40. The second kappa shape index (κ2) is 5.68. The number of anilines is 1. The third kappa shape index (κ3) is 4.76. The minimum absolute atomic E-state index is 0.139. The molecule has 0 aliphatic heterocycles. The Kier molecular flexibility index (Phi) is 4.52. The third-order valence-electron chi connectivity index (χ3n) is 1.80. The molecule has 1 unspecified atom stereocenters. The lowest BCUT2D eigenvalue weighted by Crippen LogP contribution is -2.14. The van der Waals surface area contributed by atoms with Gasteiger partial charge in [0.1, 0.15) is 5.15 Å². The first-order chi connectivity index (χ1) is 7.08. The number of hydrogen-bond donors (Lipinski definition) is 2. The highest BCUT2D eigenvalue weighted by molar-refractivity contribution is 6.29. The Balaban J connectivity index is 2.41. The van der Waals surface area contributed by atoms with Gasteiger partial charge in [0.2, 0.25) is 5.91 Å². The second-order valence-electron chi connectivity index (χ2n) is 3.31. The maximum absolute atomic E-state index is 11.3. The van der Waals surface area contributed by atoms with Crippen LogP contribution < -0.4 is 5.32 Å². The molecule has 0 saturated carbocycles. The van der Waals surface area contributed by atoms with Crippen LogP contribution in [0.1, 0.15) is 19.8 Å². The highest BCUT2D eigenvalue weighted by atomic mass is 35.5. The summed E-state index contributed by atoms with van der Waals surface area (Å²) in [7, 11) is 0. The Hall–Kier alpha value is -1.13. The summed E-state index contributed by atoms with van der Waals surface area (Å²) in [5, 5.41) is 12.0. The highest BCUT2D eigenvalue weighted by Gasteiger charge is 2.04. The molecular formula is C10H13ClN2O2. The van der Waals surface area contributed by atoms with E-state index in [4.69, 9.17) is 16.7 Å². The van der Waals surface area contributed by atoms with Crippen LogP contribution in [0.5, 0.6) is 0 Å². The van der Waals surface area contributed by atoms with Gasteiger partial charge in [-0.05, 0) is 25.5 Å². The fourth-order valence-electron chi connectivity index (χ4n) is 1.01. The van der Waals surface area contributed by atoms with Crippen molar-refractivity contribution in [2.24, 2.45) is 0 Å². The summed E-state index contributed by atoms with van der Waals surface area (Å²) in [6, 6.07) is 3.28. The predicted octanol–water partition coefficient (Wildman–Crippen LogP) is 1.83. The monoisotopic (exact) mass is 228 g/mol. The van der Waals surface area contributed by atoms with Gasteiger partial charge in [0.25, 0.3) is 0 Å². The molecule has 0 bridgehead atoms. The molecule has 5 heteroatoms. The molecule has 1 amide bonds. The fraction of sp³-hybridized carbons (Fsp3) is 0.400. The molecule has 0 saturated heterocycles. The van der Waals surface area contributed by atoms with Crippen molar-refractivity contribution >= 4 is 23.2 Å². The maximum atomic E-state index is 11.3. The maximum Gasteiger partial charge on any atom is 0.224 e. The van der Waals surface area contributed by atoms with Gasteiger partial charge >= 0.3 is 0 Å². The minimum atomic E-state index is -0.459. The molecule has 4 nitrogen and oxygen atoms in total.